The Balaban J connectivity index is 1.27. The molecular formula is C22H33N3O3. The number of likely N-dealkylation sites (tertiary alicyclic amines) is 1. The molecule has 0 bridgehead atoms. The van der Waals surface area contributed by atoms with E-state index < -0.39 is 0 Å². The van der Waals surface area contributed by atoms with Crippen molar-refractivity contribution >= 4 is 11.8 Å². The van der Waals surface area contributed by atoms with Gasteiger partial charge in [0.2, 0.25) is 5.91 Å². The third kappa shape index (κ3) is 4.41. The summed E-state index contributed by atoms with van der Waals surface area (Å²) in [6.07, 6.45) is 9.55. The molecule has 1 saturated heterocycles. The van der Waals surface area contributed by atoms with Crippen molar-refractivity contribution in [2.24, 2.45) is 11.8 Å². The highest BCUT2D eigenvalue weighted by molar-refractivity contribution is 5.92. The zero-order valence-electron chi connectivity index (χ0n) is 17.2. The molecule has 0 aromatic carbocycles. The molecule has 4 rings (SSSR count). The first kappa shape index (κ1) is 19.5. The maximum absolute atomic E-state index is 12.9. The fraction of sp³-hybridized carbons (Fsp3) is 0.773. The van der Waals surface area contributed by atoms with Gasteiger partial charge in [-0.15, -0.1) is 0 Å². The molecule has 1 N–H and O–H groups in total. The number of nitrogens with one attached hydrogen (secondary N) is 1. The number of aromatic nitrogens is 1. The topological polar surface area (TPSA) is 75.4 Å². The van der Waals surface area contributed by atoms with Gasteiger partial charge in [0.1, 0.15) is 5.76 Å². The second-order valence-corrected chi connectivity index (χ2v) is 9.25. The summed E-state index contributed by atoms with van der Waals surface area (Å²) in [5.74, 6) is 2.61. The first-order valence-electron chi connectivity index (χ1n) is 11.1. The quantitative estimate of drug-likeness (QED) is 0.832. The number of nitrogens with zero attached hydrogens (tertiary/aromatic N) is 2. The molecule has 0 spiro atoms. The Morgan fingerprint density at radius 2 is 1.96 bits per heavy atom. The second-order valence-electron chi connectivity index (χ2n) is 9.25. The van der Waals surface area contributed by atoms with Gasteiger partial charge in [0.25, 0.3) is 5.91 Å². The predicted octanol–water partition coefficient (Wildman–Crippen LogP) is 3.88. The van der Waals surface area contributed by atoms with Crippen molar-refractivity contribution in [3.05, 3.63) is 17.5 Å². The van der Waals surface area contributed by atoms with Crippen molar-refractivity contribution < 1.29 is 14.1 Å². The standard InChI is InChI=1S/C22H33N3O3/c1-14-5-3-4-6-17(14)12-21(26)25-10-9-18(11-15(25)2)23-22(27)19-13-20(28-24-19)16-7-8-16/h13-18H,3-12H2,1-2H3,(H,23,27)/t14?,15-,17?,18?/m0/s1. The highest BCUT2D eigenvalue weighted by atomic mass is 16.5. The van der Waals surface area contributed by atoms with E-state index >= 15 is 0 Å². The molecule has 1 aliphatic heterocycles. The highest BCUT2D eigenvalue weighted by Gasteiger charge is 2.33. The fourth-order valence-electron chi connectivity index (χ4n) is 4.93. The first-order chi connectivity index (χ1) is 13.5. The molecule has 1 aromatic rings. The molecule has 6 heteroatoms. The number of piperidine rings is 1. The van der Waals surface area contributed by atoms with E-state index in [2.05, 4.69) is 24.3 Å². The summed E-state index contributed by atoms with van der Waals surface area (Å²) < 4.78 is 5.29. The molecule has 2 amide bonds. The lowest BCUT2D eigenvalue weighted by molar-refractivity contribution is -0.136. The number of rotatable bonds is 5. The van der Waals surface area contributed by atoms with Gasteiger partial charge in [-0.05, 0) is 50.9 Å². The molecule has 2 aliphatic carbocycles. The molecule has 6 nitrogen and oxygen atoms in total. The van der Waals surface area contributed by atoms with Gasteiger partial charge in [-0.25, -0.2) is 0 Å². The summed E-state index contributed by atoms with van der Waals surface area (Å²) in [5, 5.41) is 7.01. The van der Waals surface area contributed by atoms with E-state index in [-0.39, 0.29) is 18.0 Å². The summed E-state index contributed by atoms with van der Waals surface area (Å²) in [4.78, 5) is 27.4. The van der Waals surface area contributed by atoms with Gasteiger partial charge in [0.05, 0.1) is 0 Å². The minimum atomic E-state index is -0.163. The van der Waals surface area contributed by atoms with Crippen molar-refractivity contribution in [2.75, 3.05) is 6.54 Å². The van der Waals surface area contributed by atoms with E-state index in [1.165, 1.54) is 25.7 Å². The molecule has 2 saturated carbocycles. The number of carbonyl (C=O) groups excluding carboxylic acids is 2. The van der Waals surface area contributed by atoms with Crippen LogP contribution in [0.1, 0.15) is 93.8 Å². The van der Waals surface area contributed by atoms with Gasteiger partial charge in [-0.1, -0.05) is 31.3 Å². The Morgan fingerprint density at radius 1 is 1.18 bits per heavy atom. The van der Waals surface area contributed by atoms with Crippen molar-refractivity contribution in [1.82, 2.24) is 15.4 Å². The fourth-order valence-corrected chi connectivity index (χ4v) is 4.93. The average Bonchev–Trinajstić information content (AvgIpc) is 3.40. The maximum atomic E-state index is 12.9. The summed E-state index contributed by atoms with van der Waals surface area (Å²) in [5.41, 5.74) is 0.374. The van der Waals surface area contributed by atoms with Crippen molar-refractivity contribution in [3.8, 4) is 0 Å². The number of carbonyl (C=O) groups is 2. The van der Waals surface area contributed by atoms with E-state index in [4.69, 9.17) is 4.52 Å². The van der Waals surface area contributed by atoms with Crippen LogP contribution in [0.5, 0.6) is 0 Å². The molecule has 0 radical (unpaired) electrons. The third-order valence-electron chi connectivity index (χ3n) is 7.00. The number of hydrogen-bond acceptors (Lipinski definition) is 4. The van der Waals surface area contributed by atoms with Crippen LogP contribution in [0.25, 0.3) is 0 Å². The normalized spacial score (nSPS) is 30.9. The predicted molar refractivity (Wildman–Crippen MR) is 106 cm³/mol. The largest absolute Gasteiger partial charge is 0.360 e. The molecule has 4 atom stereocenters. The third-order valence-corrected chi connectivity index (χ3v) is 7.00. The maximum Gasteiger partial charge on any atom is 0.273 e. The monoisotopic (exact) mass is 387 g/mol. The minimum absolute atomic E-state index is 0.0845. The smallest absolute Gasteiger partial charge is 0.273 e. The van der Waals surface area contributed by atoms with Gasteiger partial charge in [-0.2, -0.15) is 0 Å². The molecule has 28 heavy (non-hydrogen) atoms. The van der Waals surface area contributed by atoms with Crippen LogP contribution in [-0.4, -0.2) is 40.5 Å². The summed E-state index contributed by atoms with van der Waals surface area (Å²) >= 11 is 0. The van der Waals surface area contributed by atoms with Gasteiger partial charge in [0.15, 0.2) is 5.69 Å². The number of amides is 2. The van der Waals surface area contributed by atoms with Crippen LogP contribution in [0, 0.1) is 11.8 Å². The van der Waals surface area contributed by atoms with Crippen LogP contribution < -0.4 is 5.32 Å². The SMILES string of the molecule is CC1CCCCC1CC(=O)N1CCC(NC(=O)c2cc(C3CC3)on2)C[C@@H]1C. The molecular weight excluding hydrogens is 354 g/mol. The van der Waals surface area contributed by atoms with E-state index in [1.54, 1.807) is 6.07 Å². The lowest BCUT2D eigenvalue weighted by Crippen LogP contribution is -2.51. The van der Waals surface area contributed by atoms with Crippen molar-refractivity contribution in [2.45, 2.75) is 89.6 Å². The summed E-state index contributed by atoms with van der Waals surface area (Å²) in [6, 6.07) is 2.02. The number of hydrogen-bond donors (Lipinski definition) is 1. The molecule has 154 valence electrons. The van der Waals surface area contributed by atoms with E-state index in [9.17, 15) is 9.59 Å². The van der Waals surface area contributed by atoms with Crippen LogP contribution in [0.15, 0.2) is 10.6 Å². The summed E-state index contributed by atoms with van der Waals surface area (Å²) in [7, 11) is 0. The van der Waals surface area contributed by atoms with Gasteiger partial charge in [-0.3, -0.25) is 9.59 Å². The second kappa shape index (κ2) is 8.26. The van der Waals surface area contributed by atoms with Gasteiger partial charge in [0, 0.05) is 37.0 Å². The van der Waals surface area contributed by atoms with Crippen LogP contribution in [0.4, 0.5) is 0 Å². The Bertz CT molecular complexity index is 712. The van der Waals surface area contributed by atoms with Crippen LogP contribution in [-0.2, 0) is 4.79 Å². The Labute approximate surface area is 167 Å². The molecule has 2 heterocycles. The van der Waals surface area contributed by atoms with E-state index in [1.807, 2.05) is 4.90 Å². The van der Waals surface area contributed by atoms with Crippen LogP contribution in [0.3, 0.4) is 0 Å². The van der Waals surface area contributed by atoms with Crippen molar-refractivity contribution in [3.63, 3.8) is 0 Å². The molecule has 3 fully saturated rings. The van der Waals surface area contributed by atoms with Gasteiger partial charge < -0.3 is 14.7 Å². The summed E-state index contributed by atoms with van der Waals surface area (Å²) in [6.45, 7) is 5.11. The zero-order chi connectivity index (χ0) is 19.7. The lowest BCUT2D eigenvalue weighted by atomic mass is 9.78. The Hall–Kier alpha value is -1.85. The molecule has 3 aliphatic rings. The average molecular weight is 388 g/mol. The van der Waals surface area contributed by atoms with Crippen LogP contribution >= 0.6 is 0 Å². The van der Waals surface area contributed by atoms with E-state index in [0.29, 0.717) is 35.8 Å². The zero-order valence-corrected chi connectivity index (χ0v) is 17.2. The molecule has 1 aromatic heterocycles. The Kier molecular flexibility index (Phi) is 5.74. The first-order valence-corrected chi connectivity index (χ1v) is 11.1. The van der Waals surface area contributed by atoms with E-state index in [0.717, 1.165) is 38.0 Å². The minimum Gasteiger partial charge on any atom is -0.360 e. The van der Waals surface area contributed by atoms with Gasteiger partial charge >= 0.3 is 0 Å². The highest BCUT2D eigenvalue weighted by Crippen LogP contribution is 2.40. The Morgan fingerprint density at radius 3 is 2.68 bits per heavy atom. The van der Waals surface area contributed by atoms with Crippen LogP contribution in [0.2, 0.25) is 0 Å². The van der Waals surface area contributed by atoms with Crippen molar-refractivity contribution in [1.29, 1.82) is 0 Å². The molecule has 3 unspecified atom stereocenters. The lowest BCUT2D eigenvalue weighted by Gasteiger charge is -2.39.